The van der Waals surface area contributed by atoms with E-state index in [-0.39, 0.29) is 23.1 Å². The van der Waals surface area contributed by atoms with Crippen molar-refractivity contribution in [2.75, 3.05) is 11.9 Å². The molecule has 1 N–H and O–H groups in total. The van der Waals surface area contributed by atoms with Crippen LogP contribution in [-0.4, -0.2) is 17.4 Å². The molecule has 6 nitrogen and oxygen atoms in total. The van der Waals surface area contributed by atoms with Crippen LogP contribution in [0.5, 0.6) is 5.75 Å². The molecule has 0 radical (unpaired) electrons. The Morgan fingerprint density at radius 3 is 2.57 bits per heavy atom. The second kappa shape index (κ2) is 7.60. The molecule has 0 fully saturated rings. The van der Waals surface area contributed by atoms with Crippen LogP contribution in [0.25, 0.3) is 0 Å². The van der Waals surface area contributed by atoms with Gasteiger partial charge in [0.25, 0.3) is 5.91 Å². The lowest BCUT2D eigenvalue weighted by molar-refractivity contribution is -0.385. The highest BCUT2D eigenvalue weighted by atomic mass is 35.5. The number of amides is 1. The zero-order valence-corrected chi connectivity index (χ0v) is 13.2. The first kappa shape index (κ1) is 16.8. The van der Waals surface area contributed by atoms with Gasteiger partial charge in [-0.3, -0.25) is 14.9 Å². The van der Waals surface area contributed by atoms with Crippen molar-refractivity contribution in [1.82, 2.24) is 0 Å². The van der Waals surface area contributed by atoms with Crippen LogP contribution in [0.3, 0.4) is 0 Å². The predicted molar refractivity (Wildman–Crippen MR) is 88.1 cm³/mol. The highest BCUT2D eigenvalue weighted by molar-refractivity contribution is 6.30. The Hall–Kier alpha value is -2.60. The van der Waals surface area contributed by atoms with Gasteiger partial charge in [-0.25, -0.2) is 0 Å². The topological polar surface area (TPSA) is 81.5 Å². The van der Waals surface area contributed by atoms with Gasteiger partial charge < -0.3 is 10.1 Å². The van der Waals surface area contributed by atoms with Gasteiger partial charge in [0.15, 0.2) is 12.4 Å². The predicted octanol–water partition coefficient (Wildman–Crippen LogP) is 3.83. The van der Waals surface area contributed by atoms with Gasteiger partial charge in [0.1, 0.15) is 0 Å². The molecule has 0 aliphatic heterocycles. The van der Waals surface area contributed by atoms with Crippen molar-refractivity contribution in [1.29, 1.82) is 0 Å². The minimum Gasteiger partial charge on any atom is -0.477 e. The van der Waals surface area contributed by atoms with Crippen molar-refractivity contribution in [2.45, 2.75) is 13.3 Å². The fraction of sp³-hybridized carbons (Fsp3) is 0.188. The number of aryl methyl sites for hydroxylation is 1. The fourth-order valence-corrected chi connectivity index (χ4v) is 2.09. The monoisotopic (exact) mass is 334 g/mol. The molecule has 0 atom stereocenters. The Labute approximate surface area is 138 Å². The summed E-state index contributed by atoms with van der Waals surface area (Å²) < 4.78 is 5.22. The maximum Gasteiger partial charge on any atom is 0.312 e. The third kappa shape index (κ3) is 4.69. The van der Waals surface area contributed by atoms with E-state index < -0.39 is 10.8 Å². The van der Waals surface area contributed by atoms with Gasteiger partial charge >= 0.3 is 5.69 Å². The van der Waals surface area contributed by atoms with Crippen LogP contribution in [0.4, 0.5) is 11.4 Å². The molecule has 2 rings (SSSR count). The van der Waals surface area contributed by atoms with Gasteiger partial charge in [0.05, 0.1) is 4.92 Å². The average molecular weight is 335 g/mol. The molecular formula is C16H15ClN2O4. The molecule has 0 aliphatic rings. The van der Waals surface area contributed by atoms with E-state index >= 15 is 0 Å². The first-order valence-corrected chi connectivity index (χ1v) is 7.33. The number of benzene rings is 2. The molecule has 0 aliphatic carbocycles. The smallest absolute Gasteiger partial charge is 0.312 e. The molecule has 0 unspecified atom stereocenters. The summed E-state index contributed by atoms with van der Waals surface area (Å²) in [5.41, 5.74) is 1.52. The van der Waals surface area contributed by atoms with E-state index in [9.17, 15) is 14.9 Å². The van der Waals surface area contributed by atoms with Crippen molar-refractivity contribution in [3.8, 4) is 5.75 Å². The number of hydrogen-bond acceptors (Lipinski definition) is 4. The van der Waals surface area contributed by atoms with Gasteiger partial charge in [0.2, 0.25) is 0 Å². The van der Waals surface area contributed by atoms with Crippen LogP contribution in [0.1, 0.15) is 12.5 Å². The van der Waals surface area contributed by atoms with E-state index in [4.69, 9.17) is 16.3 Å². The first-order valence-electron chi connectivity index (χ1n) is 6.95. The Balaban J connectivity index is 1.97. The summed E-state index contributed by atoms with van der Waals surface area (Å²) in [5, 5.41) is 13.8. The molecule has 0 saturated carbocycles. The van der Waals surface area contributed by atoms with Crippen LogP contribution in [-0.2, 0) is 11.2 Å². The van der Waals surface area contributed by atoms with E-state index in [2.05, 4.69) is 5.32 Å². The standard InChI is InChI=1S/C16H15ClN2O4/c1-2-11-3-6-13(7-4-11)18-16(20)10-23-15-8-5-12(17)9-14(15)19(21)22/h3-9H,2,10H2,1H3,(H,18,20). The zero-order valence-electron chi connectivity index (χ0n) is 12.4. The summed E-state index contributed by atoms with van der Waals surface area (Å²) in [6, 6.07) is 11.4. The molecule has 0 aromatic heterocycles. The molecule has 2 aromatic carbocycles. The lowest BCUT2D eigenvalue weighted by Gasteiger charge is -2.08. The van der Waals surface area contributed by atoms with Crippen LogP contribution in [0, 0.1) is 10.1 Å². The number of nitro groups is 1. The largest absolute Gasteiger partial charge is 0.477 e. The number of nitro benzene ring substituents is 1. The van der Waals surface area contributed by atoms with Crippen molar-refractivity contribution >= 4 is 28.9 Å². The maximum absolute atomic E-state index is 11.9. The lowest BCUT2D eigenvalue weighted by atomic mass is 10.1. The number of nitrogens with zero attached hydrogens (tertiary/aromatic N) is 1. The molecule has 23 heavy (non-hydrogen) atoms. The number of nitrogens with one attached hydrogen (secondary N) is 1. The molecule has 0 saturated heterocycles. The zero-order chi connectivity index (χ0) is 16.8. The van der Waals surface area contributed by atoms with Gasteiger partial charge in [-0.2, -0.15) is 0 Å². The first-order chi connectivity index (χ1) is 11.0. The van der Waals surface area contributed by atoms with Crippen LogP contribution < -0.4 is 10.1 Å². The number of carbonyl (C=O) groups is 1. The molecule has 1 amide bonds. The number of ether oxygens (including phenoxy) is 1. The summed E-state index contributed by atoms with van der Waals surface area (Å²) in [6.45, 7) is 1.71. The summed E-state index contributed by atoms with van der Waals surface area (Å²) in [6.07, 6.45) is 0.914. The third-order valence-electron chi connectivity index (χ3n) is 3.12. The highest BCUT2D eigenvalue weighted by Crippen LogP contribution is 2.29. The Bertz CT molecular complexity index is 717. The minimum absolute atomic E-state index is 0.00381. The molecule has 0 heterocycles. The minimum atomic E-state index is -0.609. The molecular weight excluding hydrogens is 320 g/mol. The highest BCUT2D eigenvalue weighted by Gasteiger charge is 2.16. The maximum atomic E-state index is 11.9. The van der Waals surface area contributed by atoms with Gasteiger partial charge in [-0.05, 0) is 36.2 Å². The van der Waals surface area contributed by atoms with Crippen LogP contribution in [0.2, 0.25) is 5.02 Å². The second-order valence-corrected chi connectivity index (χ2v) is 5.19. The van der Waals surface area contributed by atoms with Crippen molar-refractivity contribution in [3.05, 3.63) is 63.2 Å². The summed E-state index contributed by atoms with van der Waals surface area (Å²) >= 11 is 5.72. The number of halogens is 1. The van der Waals surface area contributed by atoms with Gasteiger partial charge in [-0.15, -0.1) is 0 Å². The van der Waals surface area contributed by atoms with Crippen molar-refractivity contribution in [3.63, 3.8) is 0 Å². The van der Waals surface area contributed by atoms with Crippen LogP contribution in [0.15, 0.2) is 42.5 Å². The third-order valence-corrected chi connectivity index (χ3v) is 3.36. The fourth-order valence-electron chi connectivity index (χ4n) is 1.92. The quantitative estimate of drug-likeness (QED) is 0.643. The Morgan fingerprint density at radius 1 is 1.26 bits per heavy atom. The summed E-state index contributed by atoms with van der Waals surface area (Å²) in [4.78, 5) is 22.2. The molecule has 120 valence electrons. The lowest BCUT2D eigenvalue weighted by Crippen LogP contribution is -2.20. The number of anilines is 1. The molecule has 0 bridgehead atoms. The Morgan fingerprint density at radius 2 is 1.96 bits per heavy atom. The van der Waals surface area contributed by atoms with Crippen molar-refractivity contribution < 1.29 is 14.5 Å². The van der Waals surface area contributed by atoms with E-state index in [0.29, 0.717) is 5.69 Å². The van der Waals surface area contributed by atoms with E-state index in [1.165, 1.54) is 18.2 Å². The number of carbonyl (C=O) groups excluding carboxylic acids is 1. The molecule has 2 aromatic rings. The Kier molecular flexibility index (Phi) is 5.54. The van der Waals surface area contributed by atoms with E-state index in [1.807, 2.05) is 19.1 Å². The number of rotatable bonds is 6. The van der Waals surface area contributed by atoms with E-state index in [1.54, 1.807) is 12.1 Å². The SMILES string of the molecule is CCc1ccc(NC(=O)COc2ccc(Cl)cc2[N+](=O)[O-])cc1. The summed E-state index contributed by atoms with van der Waals surface area (Å²) in [5.74, 6) is -0.408. The average Bonchev–Trinajstić information content (AvgIpc) is 2.54. The molecule has 0 spiro atoms. The van der Waals surface area contributed by atoms with Gasteiger partial charge in [-0.1, -0.05) is 30.7 Å². The van der Waals surface area contributed by atoms with Crippen molar-refractivity contribution in [2.24, 2.45) is 0 Å². The summed E-state index contributed by atoms with van der Waals surface area (Å²) in [7, 11) is 0. The van der Waals surface area contributed by atoms with E-state index in [0.717, 1.165) is 12.0 Å². The number of hydrogen-bond donors (Lipinski definition) is 1. The molecule has 7 heteroatoms. The normalized spacial score (nSPS) is 10.2. The second-order valence-electron chi connectivity index (χ2n) is 4.76. The van der Waals surface area contributed by atoms with Gasteiger partial charge in [0, 0.05) is 16.8 Å². The van der Waals surface area contributed by atoms with Crippen LogP contribution >= 0.6 is 11.6 Å².